The lowest BCUT2D eigenvalue weighted by Crippen LogP contribution is -2.26. The van der Waals surface area contributed by atoms with E-state index in [0.29, 0.717) is 0 Å². The zero-order valence-corrected chi connectivity index (χ0v) is 22.9. The van der Waals surface area contributed by atoms with E-state index in [9.17, 15) is 0 Å². The van der Waals surface area contributed by atoms with E-state index in [1.807, 2.05) is 0 Å². The summed E-state index contributed by atoms with van der Waals surface area (Å²) in [6.07, 6.45) is 1.08. The molecule has 0 amide bonds. The largest absolute Gasteiger partial charge is 0.340 e. The Hall–Kier alpha value is -4.34. The van der Waals surface area contributed by atoms with Gasteiger partial charge in [-0.25, -0.2) is 0 Å². The van der Waals surface area contributed by atoms with Gasteiger partial charge in [0.25, 0.3) is 0 Å². The lowest BCUT2D eigenvalue weighted by Gasteiger charge is -2.30. The van der Waals surface area contributed by atoms with Crippen molar-refractivity contribution in [3.8, 4) is 0 Å². The van der Waals surface area contributed by atoms with Crippen molar-refractivity contribution >= 4 is 43.6 Å². The number of hydrogen-bond donors (Lipinski definition) is 0. The Balaban J connectivity index is 1.34. The minimum absolute atomic E-state index is 0.286. The van der Waals surface area contributed by atoms with Crippen molar-refractivity contribution in [1.29, 1.82) is 0 Å². The van der Waals surface area contributed by atoms with Gasteiger partial charge in [-0.05, 0) is 66.4 Å². The first kappa shape index (κ1) is 23.5. The minimum Gasteiger partial charge on any atom is -0.340 e. The summed E-state index contributed by atoms with van der Waals surface area (Å²) < 4.78 is 5.08. The van der Waals surface area contributed by atoms with Crippen LogP contribution in [0.5, 0.6) is 0 Å². The van der Waals surface area contributed by atoms with Crippen molar-refractivity contribution in [2.75, 3.05) is 0 Å². The lowest BCUT2D eigenvalue weighted by molar-refractivity contribution is 0.192. The third kappa shape index (κ3) is 3.76. The van der Waals surface area contributed by atoms with Crippen LogP contribution < -0.4 is 0 Å². The number of rotatable bonds is 2. The Bertz CT molecular complexity index is 1890. The minimum atomic E-state index is 0.286. The second-order valence-corrected chi connectivity index (χ2v) is 11.4. The summed E-state index contributed by atoms with van der Waals surface area (Å²) in [5.74, 6) is 0. The zero-order chi connectivity index (χ0) is 26.6. The summed E-state index contributed by atoms with van der Waals surface area (Å²) >= 11 is 0. The smallest absolute Gasteiger partial charge is 0.0491 e. The summed E-state index contributed by atoms with van der Waals surface area (Å²) in [6, 6.07) is 43.4. The molecule has 1 atom stereocenters. The predicted octanol–water partition coefficient (Wildman–Crippen LogP) is 9.07. The fourth-order valence-corrected chi connectivity index (χ4v) is 7.01. The average molecular weight is 520 g/mol. The first-order valence-electron chi connectivity index (χ1n) is 14.5. The molecule has 3 heteroatoms. The third-order valence-corrected chi connectivity index (χ3v) is 9.04. The van der Waals surface area contributed by atoms with Gasteiger partial charge in [-0.3, -0.25) is 4.90 Å². The number of aryl methyl sites for hydroxylation is 2. The maximum atomic E-state index is 2.63. The molecule has 8 bridgehead atoms. The quantitative estimate of drug-likeness (QED) is 0.222. The monoisotopic (exact) mass is 519 g/mol. The van der Waals surface area contributed by atoms with E-state index in [1.54, 1.807) is 0 Å². The second kappa shape index (κ2) is 9.39. The van der Waals surface area contributed by atoms with Crippen LogP contribution in [0.4, 0.5) is 0 Å². The average Bonchev–Trinajstić information content (AvgIpc) is 3.48. The van der Waals surface area contributed by atoms with Crippen molar-refractivity contribution in [2.24, 2.45) is 0 Å². The molecule has 40 heavy (non-hydrogen) atoms. The molecule has 0 fully saturated rings. The molecule has 4 aliphatic heterocycles. The fourth-order valence-electron chi connectivity index (χ4n) is 7.01. The van der Waals surface area contributed by atoms with E-state index in [1.165, 1.54) is 60.3 Å². The van der Waals surface area contributed by atoms with Crippen molar-refractivity contribution in [3.63, 3.8) is 0 Å². The SMILES string of the molecule is C[C@H](c1ccccc1)N1Cc2ccc3c(c2)c2ccccc2n3CCCn2c3ccccc3c3cc(ccc32)C1. The highest BCUT2D eigenvalue weighted by atomic mass is 15.1. The summed E-state index contributed by atoms with van der Waals surface area (Å²) in [7, 11) is 0. The maximum Gasteiger partial charge on any atom is 0.0491 e. The van der Waals surface area contributed by atoms with Crippen LogP contribution in [-0.2, 0) is 26.2 Å². The van der Waals surface area contributed by atoms with Crippen molar-refractivity contribution < 1.29 is 0 Å². The van der Waals surface area contributed by atoms with E-state index in [2.05, 4.69) is 136 Å². The van der Waals surface area contributed by atoms with Crippen LogP contribution in [0.3, 0.4) is 0 Å². The predicted molar refractivity (Wildman–Crippen MR) is 168 cm³/mol. The van der Waals surface area contributed by atoms with E-state index < -0.39 is 0 Å². The summed E-state index contributed by atoms with van der Waals surface area (Å²) in [5, 5.41) is 5.44. The van der Waals surface area contributed by atoms with Crippen molar-refractivity contribution in [1.82, 2.24) is 14.0 Å². The third-order valence-electron chi connectivity index (χ3n) is 9.04. The summed E-state index contributed by atoms with van der Waals surface area (Å²) in [5.41, 5.74) is 9.43. The van der Waals surface area contributed by atoms with E-state index in [4.69, 9.17) is 0 Å². The Labute approximate surface area is 234 Å². The van der Waals surface area contributed by atoms with Gasteiger partial charge in [-0.1, -0.05) is 78.9 Å². The van der Waals surface area contributed by atoms with Gasteiger partial charge in [0.2, 0.25) is 0 Å². The first-order chi connectivity index (χ1) is 19.7. The molecule has 7 aromatic rings. The van der Waals surface area contributed by atoms with Gasteiger partial charge in [-0.15, -0.1) is 0 Å². The van der Waals surface area contributed by atoms with Crippen molar-refractivity contribution in [2.45, 2.75) is 45.6 Å². The summed E-state index contributed by atoms with van der Waals surface area (Å²) in [6.45, 7) is 6.12. The number of nitrogens with zero attached hydrogens (tertiary/aromatic N) is 3. The second-order valence-electron chi connectivity index (χ2n) is 11.4. The van der Waals surface area contributed by atoms with Crippen LogP contribution in [0.1, 0.15) is 36.1 Å². The lowest BCUT2D eigenvalue weighted by atomic mass is 10.0. The Morgan fingerprint density at radius 1 is 0.500 bits per heavy atom. The van der Waals surface area contributed by atoms with Gasteiger partial charge in [0, 0.05) is 75.8 Å². The summed E-state index contributed by atoms with van der Waals surface area (Å²) in [4.78, 5) is 2.63. The molecule has 0 unspecified atom stereocenters. The number of benzene rings is 5. The molecule has 3 nitrogen and oxygen atoms in total. The van der Waals surface area contributed by atoms with E-state index in [0.717, 1.165) is 32.6 Å². The van der Waals surface area contributed by atoms with Crippen LogP contribution in [-0.4, -0.2) is 14.0 Å². The first-order valence-corrected chi connectivity index (χ1v) is 14.5. The van der Waals surface area contributed by atoms with E-state index in [-0.39, 0.29) is 6.04 Å². The number of fused-ring (bicyclic) bond motifs is 2. The molecular formula is C37H33N3. The van der Waals surface area contributed by atoms with Crippen molar-refractivity contribution in [3.05, 3.63) is 132 Å². The molecule has 0 saturated heterocycles. The van der Waals surface area contributed by atoms with Crippen LogP contribution in [0, 0.1) is 0 Å². The number of hydrogen-bond acceptors (Lipinski definition) is 1. The molecule has 0 radical (unpaired) electrons. The van der Waals surface area contributed by atoms with Gasteiger partial charge in [0.05, 0.1) is 0 Å². The highest BCUT2D eigenvalue weighted by Crippen LogP contribution is 2.34. The molecule has 196 valence electrons. The molecule has 6 heterocycles. The highest BCUT2D eigenvalue weighted by Gasteiger charge is 2.20. The molecule has 2 aromatic heterocycles. The van der Waals surface area contributed by atoms with Gasteiger partial charge in [0.15, 0.2) is 0 Å². The Kier molecular flexibility index (Phi) is 5.53. The fraction of sp³-hybridized carbons (Fsp3) is 0.189. The van der Waals surface area contributed by atoms with Crippen LogP contribution in [0.15, 0.2) is 115 Å². The molecule has 0 spiro atoms. The molecule has 4 aliphatic rings. The maximum absolute atomic E-state index is 2.63. The molecular weight excluding hydrogens is 486 g/mol. The molecule has 0 aliphatic carbocycles. The van der Waals surface area contributed by atoms with Gasteiger partial charge >= 0.3 is 0 Å². The van der Waals surface area contributed by atoms with E-state index >= 15 is 0 Å². The van der Waals surface area contributed by atoms with Crippen LogP contribution >= 0.6 is 0 Å². The Morgan fingerprint density at radius 2 is 0.975 bits per heavy atom. The zero-order valence-electron chi connectivity index (χ0n) is 22.9. The topological polar surface area (TPSA) is 13.1 Å². The molecule has 0 N–H and O–H groups in total. The highest BCUT2D eigenvalue weighted by molar-refractivity contribution is 6.09. The molecule has 5 aromatic carbocycles. The van der Waals surface area contributed by atoms with Gasteiger partial charge in [0.1, 0.15) is 0 Å². The molecule has 11 rings (SSSR count). The number of aromatic nitrogens is 2. The van der Waals surface area contributed by atoms with Crippen LogP contribution in [0.2, 0.25) is 0 Å². The van der Waals surface area contributed by atoms with Gasteiger partial charge in [-0.2, -0.15) is 0 Å². The van der Waals surface area contributed by atoms with Gasteiger partial charge < -0.3 is 9.13 Å². The normalized spacial score (nSPS) is 15.4. The molecule has 0 saturated carbocycles. The Morgan fingerprint density at radius 3 is 1.52 bits per heavy atom. The standard InChI is InChI=1S/C37H33N3/c1-26(29-10-3-2-4-11-29)38-24-27-16-18-36-32(22-27)30-12-5-7-14-34(30)39(36)20-9-21-40-35-15-8-6-13-31(35)33-23-28(25-38)17-19-37(33)40/h2-8,10-19,22-23,26H,9,20-21,24-25H2,1H3/t26-/m1/s1. The number of para-hydroxylation sites is 2. The van der Waals surface area contributed by atoms with Crippen LogP contribution in [0.25, 0.3) is 43.6 Å².